The smallest absolute Gasteiger partial charge is 0.297 e. The summed E-state index contributed by atoms with van der Waals surface area (Å²) in [6.45, 7) is 24.2. The predicted octanol–water partition coefficient (Wildman–Crippen LogP) is 14.1. The first kappa shape index (κ1) is 39.1. The number of fused-ring (bicyclic) bond motifs is 10. The molecule has 0 N–H and O–H groups in total. The maximum Gasteiger partial charge on any atom is 0.297 e. The van der Waals surface area contributed by atoms with Gasteiger partial charge in [0.1, 0.15) is 5.58 Å². The van der Waals surface area contributed by atoms with Crippen LogP contribution in [0, 0.1) is 6.92 Å². The van der Waals surface area contributed by atoms with Crippen molar-refractivity contribution < 1.29 is 4.42 Å². The van der Waals surface area contributed by atoms with Gasteiger partial charge in [0.15, 0.2) is 0 Å². The van der Waals surface area contributed by atoms with Crippen LogP contribution in [0.15, 0.2) is 120 Å². The van der Waals surface area contributed by atoms with E-state index in [9.17, 15) is 0 Å². The van der Waals surface area contributed by atoms with Crippen LogP contribution in [0.25, 0.3) is 33.2 Å². The maximum atomic E-state index is 7.68. The van der Waals surface area contributed by atoms with Crippen LogP contribution in [-0.4, -0.2) is 12.3 Å². The molecule has 7 aromatic rings. The third kappa shape index (κ3) is 5.27. The maximum absolute atomic E-state index is 7.68. The highest BCUT2D eigenvalue weighted by atomic mass is 16.3. The molecule has 4 heterocycles. The highest BCUT2D eigenvalue weighted by Gasteiger charge is 2.62. The summed E-state index contributed by atoms with van der Waals surface area (Å²) in [7, 11) is 0. The molecule has 0 saturated heterocycles. The van der Waals surface area contributed by atoms with E-state index in [4.69, 9.17) is 4.42 Å². The average molecular weight is 825 g/mol. The van der Waals surface area contributed by atoms with Gasteiger partial charge in [-0.05, 0) is 154 Å². The molecular formula is C59H61BN2O. The summed E-state index contributed by atoms with van der Waals surface area (Å²) in [5.41, 5.74) is 23.3. The lowest BCUT2D eigenvalue weighted by Crippen LogP contribution is -2.64. The molecule has 5 aliphatic rings. The highest BCUT2D eigenvalue weighted by molar-refractivity contribution is 7.00. The van der Waals surface area contributed by atoms with Crippen molar-refractivity contribution in [3.63, 3.8) is 0 Å². The van der Waals surface area contributed by atoms with Crippen molar-refractivity contribution in [2.75, 3.05) is 9.80 Å². The Morgan fingerprint density at radius 3 is 1.94 bits per heavy atom. The molecular weight excluding hydrogens is 763 g/mol. The van der Waals surface area contributed by atoms with Crippen LogP contribution in [-0.2, 0) is 21.7 Å². The van der Waals surface area contributed by atoms with Crippen molar-refractivity contribution in [3.8, 4) is 22.3 Å². The van der Waals surface area contributed by atoms with E-state index in [-0.39, 0.29) is 33.9 Å². The zero-order valence-electron chi connectivity index (χ0n) is 39.1. The van der Waals surface area contributed by atoms with Gasteiger partial charge >= 0.3 is 0 Å². The second-order valence-electron chi connectivity index (χ2n) is 22.8. The van der Waals surface area contributed by atoms with Crippen LogP contribution in [0.5, 0.6) is 0 Å². The van der Waals surface area contributed by atoms with Crippen molar-refractivity contribution in [3.05, 3.63) is 143 Å². The summed E-state index contributed by atoms with van der Waals surface area (Å²) in [6, 6.07) is 44.6. The number of benzene rings is 6. The number of hydrogen-bond acceptors (Lipinski definition) is 3. The van der Waals surface area contributed by atoms with Gasteiger partial charge < -0.3 is 14.2 Å². The van der Waals surface area contributed by atoms with E-state index >= 15 is 0 Å². The third-order valence-electron chi connectivity index (χ3n) is 17.0. The van der Waals surface area contributed by atoms with Gasteiger partial charge in [0.05, 0.1) is 22.6 Å². The lowest BCUT2D eigenvalue weighted by atomic mass is 9.35. The fourth-order valence-corrected chi connectivity index (χ4v) is 13.1. The zero-order chi connectivity index (χ0) is 43.6. The Hall–Kier alpha value is -5.48. The van der Waals surface area contributed by atoms with Gasteiger partial charge in [0.2, 0.25) is 0 Å². The van der Waals surface area contributed by atoms with E-state index < -0.39 is 0 Å². The molecule has 0 bridgehead atoms. The van der Waals surface area contributed by atoms with Gasteiger partial charge in [-0.3, -0.25) is 0 Å². The Kier molecular flexibility index (Phi) is 7.97. The van der Waals surface area contributed by atoms with E-state index in [1.807, 2.05) is 0 Å². The second kappa shape index (κ2) is 12.8. The largest absolute Gasteiger partial charge is 0.468 e. The number of anilines is 5. The first-order chi connectivity index (χ1) is 30.0. The summed E-state index contributed by atoms with van der Waals surface area (Å²) in [5.74, 6) is 0. The molecule has 0 spiro atoms. The Bertz CT molecular complexity index is 3060. The van der Waals surface area contributed by atoms with E-state index in [0.717, 1.165) is 30.5 Å². The number of nitrogens with zero attached hydrogens (tertiary/aromatic N) is 2. The molecule has 0 amide bonds. The summed E-state index contributed by atoms with van der Waals surface area (Å²) in [4.78, 5) is 5.50. The summed E-state index contributed by atoms with van der Waals surface area (Å²) >= 11 is 0. The molecule has 63 heavy (non-hydrogen) atoms. The predicted molar refractivity (Wildman–Crippen MR) is 268 cm³/mol. The minimum Gasteiger partial charge on any atom is -0.468 e. The number of rotatable bonds is 3. The first-order valence-corrected chi connectivity index (χ1v) is 23.8. The summed E-state index contributed by atoms with van der Waals surface area (Å²) < 4.78 is 7.68. The monoisotopic (exact) mass is 824 g/mol. The van der Waals surface area contributed by atoms with Gasteiger partial charge in [0.25, 0.3) is 6.71 Å². The molecule has 2 atom stereocenters. The van der Waals surface area contributed by atoms with Crippen LogP contribution in [0.4, 0.5) is 28.4 Å². The molecule has 1 fully saturated rings. The fraction of sp³-hybridized carbons (Fsp3) is 0.356. The second-order valence-corrected chi connectivity index (χ2v) is 22.8. The van der Waals surface area contributed by atoms with E-state index in [2.05, 4.69) is 194 Å². The molecule has 0 radical (unpaired) electrons. The van der Waals surface area contributed by atoms with Gasteiger partial charge in [-0.1, -0.05) is 141 Å². The molecule has 6 aromatic carbocycles. The van der Waals surface area contributed by atoms with Gasteiger partial charge in [-0.25, -0.2) is 0 Å². The van der Waals surface area contributed by atoms with Crippen molar-refractivity contribution in [2.45, 2.75) is 135 Å². The number of aryl methyl sites for hydroxylation is 1. The standard InChI is InChI=1S/C59H61BN2O/c1-36-29-48-51-49(30-36)62-53-45(58(9)25-17-18-26-59(58,62)10)31-39(37-19-13-11-14-20-37)32-46(53)60(51)54-52(42-34-43-44(35-50(42)63-54)57(7,8)28-27-56(43,5)6)61(48)47-24-23-40(55(2,3)4)33-41(47)38-21-15-12-16-22-38/h11-16,19-24,29-35H,17-18,25-28H2,1-10H3. The SMILES string of the molecule is Cc1cc2c3c(c1)N1c4c(cc(-c5ccccc5)cc4C4(C)CCCCC14C)B3c1oc3cc4c(cc3c1N2c1ccc(C(C)(C)C)cc1-c1ccccc1)C(C)(C)CCC4(C)C. The van der Waals surface area contributed by atoms with E-state index in [1.165, 1.54) is 114 Å². The Morgan fingerprint density at radius 1 is 0.587 bits per heavy atom. The molecule has 12 rings (SSSR count). The highest BCUT2D eigenvalue weighted by Crippen LogP contribution is 2.63. The van der Waals surface area contributed by atoms with Gasteiger partial charge in [0, 0.05) is 33.4 Å². The van der Waals surface area contributed by atoms with Crippen molar-refractivity contribution in [2.24, 2.45) is 0 Å². The minimum absolute atomic E-state index is 0.0138. The van der Waals surface area contributed by atoms with Crippen molar-refractivity contribution in [1.29, 1.82) is 0 Å². The number of furan rings is 1. The molecule has 1 saturated carbocycles. The summed E-state index contributed by atoms with van der Waals surface area (Å²) in [5, 5.41) is 1.22. The van der Waals surface area contributed by atoms with Crippen LogP contribution < -0.4 is 26.4 Å². The molecule has 4 heteroatoms. The van der Waals surface area contributed by atoms with Gasteiger partial charge in [-0.15, -0.1) is 0 Å². The molecule has 316 valence electrons. The Morgan fingerprint density at radius 2 is 1.24 bits per heavy atom. The fourth-order valence-electron chi connectivity index (χ4n) is 13.1. The van der Waals surface area contributed by atoms with Crippen molar-refractivity contribution in [1.82, 2.24) is 0 Å². The lowest BCUT2D eigenvalue weighted by molar-refractivity contribution is 0.195. The average Bonchev–Trinajstić information content (AvgIpc) is 3.73. The molecule has 3 aliphatic heterocycles. The molecule has 3 nitrogen and oxygen atoms in total. The quantitative estimate of drug-likeness (QED) is 0.166. The van der Waals surface area contributed by atoms with Crippen LogP contribution in [0.1, 0.15) is 129 Å². The summed E-state index contributed by atoms with van der Waals surface area (Å²) in [6.07, 6.45) is 7.17. The van der Waals surface area contributed by atoms with E-state index in [0.29, 0.717) is 0 Å². The third-order valence-corrected chi connectivity index (χ3v) is 17.0. The van der Waals surface area contributed by atoms with E-state index in [1.54, 1.807) is 0 Å². The zero-order valence-corrected chi connectivity index (χ0v) is 39.1. The normalized spacial score (nSPS) is 22.3. The molecule has 2 aliphatic carbocycles. The van der Waals surface area contributed by atoms with Crippen LogP contribution in [0.3, 0.4) is 0 Å². The first-order valence-electron chi connectivity index (χ1n) is 23.8. The van der Waals surface area contributed by atoms with Gasteiger partial charge in [-0.2, -0.15) is 0 Å². The van der Waals surface area contributed by atoms with Crippen LogP contribution >= 0.6 is 0 Å². The van der Waals surface area contributed by atoms with Crippen molar-refractivity contribution >= 4 is 62.7 Å². The van der Waals surface area contributed by atoms with Crippen LogP contribution in [0.2, 0.25) is 0 Å². The topological polar surface area (TPSA) is 19.6 Å². The minimum atomic E-state index is -0.0812. The molecule has 1 aromatic heterocycles. The lowest BCUT2D eigenvalue weighted by Gasteiger charge is -2.52. The Labute approximate surface area is 375 Å². The molecule has 2 unspecified atom stereocenters. The Balaban J connectivity index is 1.24. The number of hydrogen-bond donors (Lipinski definition) is 0.